The van der Waals surface area contributed by atoms with Gasteiger partial charge >= 0.3 is 0 Å². The molecule has 18 heavy (non-hydrogen) atoms. The highest BCUT2D eigenvalue weighted by Gasteiger charge is 2.08. The van der Waals surface area contributed by atoms with Crippen molar-refractivity contribution in [3.05, 3.63) is 46.2 Å². The first kappa shape index (κ1) is 12.8. The van der Waals surface area contributed by atoms with Crippen LogP contribution in [0.5, 0.6) is 0 Å². The van der Waals surface area contributed by atoms with Crippen molar-refractivity contribution < 1.29 is 0 Å². The largest absolute Gasteiger partial charge is 0.324 e. The molecule has 0 bridgehead atoms. The number of aryl methyl sites for hydroxylation is 2. The number of nitrogens with zero attached hydrogens (tertiary/aromatic N) is 2. The molecule has 0 aliphatic heterocycles. The van der Waals surface area contributed by atoms with Crippen LogP contribution < -0.4 is 5.32 Å². The summed E-state index contributed by atoms with van der Waals surface area (Å²) in [7, 11) is 0. The highest BCUT2D eigenvalue weighted by molar-refractivity contribution is 6.30. The van der Waals surface area contributed by atoms with E-state index in [0.717, 1.165) is 23.4 Å². The molecule has 2 rings (SSSR count). The van der Waals surface area contributed by atoms with E-state index < -0.39 is 0 Å². The van der Waals surface area contributed by atoms with Crippen LogP contribution in [0.2, 0.25) is 5.15 Å². The van der Waals surface area contributed by atoms with Crippen LogP contribution in [0.4, 0.5) is 11.6 Å². The third-order valence-corrected chi connectivity index (χ3v) is 3.14. The predicted molar refractivity (Wildman–Crippen MR) is 75.6 cm³/mol. The fraction of sp³-hybridized carbons (Fsp3) is 0.286. The second-order valence-corrected chi connectivity index (χ2v) is 4.60. The lowest BCUT2D eigenvalue weighted by molar-refractivity contribution is 1.00. The summed E-state index contributed by atoms with van der Waals surface area (Å²) in [4.78, 5) is 8.68. The summed E-state index contributed by atoms with van der Waals surface area (Å²) in [6.45, 7) is 6.05. The molecule has 1 aromatic heterocycles. The van der Waals surface area contributed by atoms with Gasteiger partial charge in [0.05, 0.1) is 0 Å². The summed E-state index contributed by atoms with van der Waals surface area (Å²) < 4.78 is 0. The molecule has 0 aliphatic rings. The lowest BCUT2D eigenvalue weighted by Crippen LogP contribution is -2.02. The lowest BCUT2D eigenvalue weighted by Gasteiger charge is -2.09. The molecule has 0 radical (unpaired) electrons. The Kier molecular flexibility index (Phi) is 3.82. The van der Waals surface area contributed by atoms with E-state index in [1.165, 1.54) is 5.56 Å². The third kappa shape index (κ3) is 2.79. The average Bonchev–Trinajstić information content (AvgIpc) is 2.32. The van der Waals surface area contributed by atoms with E-state index in [4.69, 9.17) is 11.6 Å². The van der Waals surface area contributed by atoms with Crippen molar-refractivity contribution in [3.8, 4) is 0 Å². The molecule has 0 unspecified atom stereocenters. The van der Waals surface area contributed by atoms with Crippen LogP contribution in [0.15, 0.2) is 24.3 Å². The number of nitrogens with one attached hydrogen (secondary N) is 1. The zero-order chi connectivity index (χ0) is 13.1. The SMILES string of the molecule is CCc1c(C)nc(Nc2ccc(C)cc2)nc1Cl. The highest BCUT2D eigenvalue weighted by Crippen LogP contribution is 2.21. The minimum atomic E-state index is 0.527. The van der Waals surface area contributed by atoms with Crippen molar-refractivity contribution in [2.24, 2.45) is 0 Å². The first-order valence-corrected chi connectivity index (χ1v) is 6.34. The van der Waals surface area contributed by atoms with Crippen LogP contribution in [-0.2, 0) is 6.42 Å². The smallest absolute Gasteiger partial charge is 0.228 e. The second-order valence-electron chi connectivity index (χ2n) is 4.25. The van der Waals surface area contributed by atoms with E-state index in [1.807, 2.05) is 38.1 Å². The molecule has 0 fully saturated rings. The van der Waals surface area contributed by atoms with E-state index in [0.29, 0.717) is 11.1 Å². The van der Waals surface area contributed by atoms with Gasteiger partial charge in [0, 0.05) is 16.9 Å². The maximum atomic E-state index is 6.14. The minimum Gasteiger partial charge on any atom is -0.324 e. The Balaban J connectivity index is 2.27. The molecule has 4 heteroatoms. The van der Waals surface area contributed by atoms with Crippen LogP contribution in [0.3, 0.4) is 0 Å². The van der Waals surface area contributed by atoms with Crippen LogP contribution >= 0.6 is 11.6 Å². The molecule has 2 aromatic rings. The fourth-order valence-electron chi connectivity index (χ4n) is 1.78. The lowest BCUT2D eigenvalue weighted by atomic mass is 10.2. The molecule has 0 atom stereocenters. The standard InChI is InChI=1S/C14H16ClN3/c1-4-12-10(3)16-14(18-13(12)15)17-11-7-5-9(2)6-8-11/h5-8H,4H2,1-3H3,(H,16,17,18). The van der Waals surface area contributed by atoms with Gasteiger partial charge in [-0.3, -0.25) is 0 Å². The van der Waals surface area contributed by atoms with Gasteiger partial charge in [0.15, 0.2) is 0 Å². The number of rotatable bonds is 3. The Morgan fingerprint density at radius 3 is 2.33 bits per heavy atom. The van der Waals surface area contributed by atoms with Crippen molar-refractivity contribution in [2.45, 2.75) is 27.2 Å². The number of halogens is 1. The summed E-state index contributed by atoms with van der Waals surface area (Å²) in [6.07, 6.45) is 0.843. The van der Waals surface area contributed by atoms with E-state index >= 15 is 0 Å². The molecule has 0 saturated carbocycles. The number of anilines is 2. The van der Waals surface area contributed by atoms with Gasteiger partial charge in [-0.15, -0.1) is 0 Å². The molecular formula is C14H16ClN3. The van der Waals surface area contributed by atoms with Gasteiger partial charge in [-0.05, 0) is 32.4 Å². The monoisotopic (exact) mass is 261 g/mol. The van der Waals surface area contributed by atoms with Crippen LogP contribution in [-0.4, -0.2) is 9.97 Å². The van der Waals surface area contributed by atoms with Crippen molar-refractivity contribution in [3.63, 3.8) is 0 Å². The molecule has 3 nitrogen and oxygen atoms in total. The maximum Gasteiger partial charge on any atom is 0.228 e. The molecule has 0 spiro atoms. The molecule has 0 aliphatic carbocycles. The number of aromatic nitrogens is 2. The van der Waals surface area contributed by atoms with Gasteiger partial charge in [0.1, 0.15) is 5.15 Å². The van der Waals surface area contributed by atoms with E-state index in [2.05, 4.69) is 22.2 Å². The third-order valence-electron chi connectivity index (χ3n) is 2.82. The fourth-order valence-corrected chi connectivity index (χ4v) is 2.14. The molecule has 94 valence electrons. The highest BCUT2D eigenvalue weighted by atomic mass is 35.5. The van der Waals surface area contributed by atoms with Crippen molar-refractivity contribution in [2.75, 3.05) is 5.32 Å². The van der Waals surface area contributed by atoms with Gasteiger partial charge in [0.25, 0.3) is 0 Å². The minimum absolute atomic E-state index is 0.527. The number of benzene rings is 1. The summed E-state index contributed by atoms with van der Waals surface area (Å²) in [5.74, 6) is 0.540. The molecule has 1 N–H and O–H groups in total. The van der Waals surface area contributed by atoms with Gasteiger partial charge in [-0.1, -0.05) is 36.2 Å². The van der Waals surface area contributed by atoms with Crippen LogP contribution in [0.25, 0.3) is 0 Å². The number of hydrogen-bond donors (Lipinski definition) is 1. The van der Waals surface area contributed by atoms with Crippen LogP contribution in [0, 0.1) is 13.8 Å². The van der Waals surface area contributed by atoms with Crippen LogP contribution in [0.1, 0.15) is 23.7 Å². The summed E-state index contributed by atoms with van der Waals surface area (Å²) >= 11 is 6.14. The zero-order valence-corrected chi connectivity index (χ0v) is 11.5. The maximum absolute atomic E-state index is 6.14. The molecule has 1 aromatic carbocycles. The van der Waals surface area contributed by atoms with Gasteiger partial charge in [-0.2, -0.15) is 0 Å². The summed E-state index contributed by atoms with van der Waals surface area (Å²) in [5.41, 5.74) is 4.11. The van der Waals surface area contributed by atoms with E-state index in [1.54, 1.807) is 0 Å². The van der Waals surface area contributed by atoms with Crippen molar-refractivity contribution in [1.82, 2.24) is 9.97 Å². The molecule has 0 saturated heterocycles. The quantitative estimate of drug-likeness (QED) is 0.847. The van der Waals surface area contributed by atoms with Gasteiger partial charge < -0.3 is 5.32 Å². The predicted octanol–water partition coefficient (Wildman–Crippen LogP) is 4.05. The Morgan fingerprint density at radius 1 is 1.11 bits per heavy atom. The average molecular weight is 262 g/mol. The first-order valence-electron chi connectivity index (χ1n) is 5.97. The van der Waals surface area contributed by atoms with Gasteiger partial charge in [0.2, 0.25) is 5.95 Å². The topological polar surface area (TPSA) is 37.8 Å². The molecule has 0 amide bonds. The first-order chi connectivity index (χ1) is 8.60. The Labute approximate surface area is 112 Å². The Bertz CT molecular complexity index is 526. The molecular weight excluding hydrogens is 246 g/mol. The zero-order valence-electron chi connectivity index (χ0n) is 10.8. The summed E-state index contributed by atoms with van der Waals surface area (Å²) in [6, 6.07) is 8.07. The van der Waals surface area contributed by atoms with Crippen molar-refractivity contribution >= 4 is 23.2 Å². The molecule has 1 heterocycles. The Hall–Kier alpha value is -1.61. The van der Waals surface area contributed by atoms with E-state index in [9.17, 15) is 0 Å². The van der Waals surface area contributed by atoms with Gasteiger partial charge in [-0.25, -0.2) is 9.97 Å². The number of hydrogen-bond acceptors (Lipinski definition) is 3. The second kappa shape index (κ2) is 5.36. The Morgan fingerprint density at radius 2 is 1.78 bits per heavy atom. The van der Waals surface area contributed by atoms with Crippen molar-refractivity contribution in [1.29, 1.82) is 0 Å². The van der Waals surface area contributed by atoms with E-state index in [-0.39, 0.29) is 0 Å². The summed E-state index contributed by atoms with van der Waals surface area (Å²) in [5, 5.41) is 3.68. The normalized spacial score (nSPS) is 10.4.